The van der Waals surface area contributed by atoms with Gasteiger partial charge in [-0.15, -0.1) is 0 Å². The number of hydrogen-bond donors (Lipinski definition) is 0. The Bertz CT molecular complexity index is 225. The maximum atomic E-state index is 2.66. The third-order valence-electron chi connectivity index (χ3n) is 4.95. The Morgan fingerprint density at radius 2 is 1.42 bits per heavy atom. The van der Waals surface area contributed by atoms with E-state index in [4.69, 9.17) is 0 Å². The van der Waals surface area contributed by atoms with Gasteiger partial charge in [-0.1, -0.05) is 25.8 Å². The quantitative estimate of drug-likeness (QED) is 0.724. The number of piperidine rings is 2. The lowest BCUT2D eigenvalue weighted by molar-refractivity contribution is 0.186. The summed E-state index contributed by atoms with van der Waals surface area (Å²) in [5, 5.41) is 0.880. The lowest BCUT2D eigenvalue weighted by Gasteiger charge is -2.38. The molecule has 0 aromatic carbocycles. The predicted octanol–water partition coefficient (Wildman–Crippen LogP) is 3.88. The molecule has 2 rings (SSSR count). The van der Waals surface area contributed by atoms with Gasteiger partial charge >= 0.3 is 0 Å². The summed E-state index contributed by atoms with van der Waals surface area (Å²) >= 11 is 2.18. The topological polar surface area (TPSA) is 6.48 Å². The van der Waals surface area contributed by atoms with E-state index in [1.807, 2.05) is 0 Å². The highest BCUT2D eigenvalue weighted by Crippen LogP contribution is 2.32. The highest BCUT2D eigenvalue weighted by Gasteiger charge is 2.26. The molecule has 0 unspecified atom stereocenters. The van der Waals surface area contributed by atoms with E-state index in [1.165, 1.54) is 51.9 Å². The third kappa shape index (κ3) is 4.64. The number of hydrogen-bond acceptors (Lipinski definition) is 3. The fourth-order valence-corrected chi connectivity index (χ4v) is 4.62. The molecule has 0 atom stereocenters. The Morgan fingerprint density at radius 1 is 0.842 bits per heavy atom. The van der Waals surface area contributed by atoms with E-state index in [1.54, 1.807) is 0 Å². The van der Waals surface area contributed by atoms with Gasteiger partial charge in [0, 0.05) is 24.4 Å². The van der Waals surface area contributed by atoms with Gasteiger partial charge < -0.3 is 4.90 Å². The minimum absolute atomic E-state index is 0.729. The molecule has 0 spiro atoms. The Kier molecular flexibility index (Phi) is 6.04. The van der Waals surface area contributed by atoms with Gasteiger partial charge in [-0.3, -0.25) is 4.31 Å². The van der Waals surface area contributed by atoms with Crippen LogP contribution in [0.15, 0.2) is 0 Å². The van der Waals surface area contributed by atoms with Crippen LogP contribution in [0.1, 0.15) is 53.4 Å². The first kappa shape index (κ1) is 15.7. The van der Waals surface area contributed by atoms with Crippen molar-refractivity contribution in [1.29, 1.82) is 0 Å². The molecule has 0 N–H and O–H groups in total. The Balaban J connectivity index is 1.67. The first-order chi connectivity index (χ1) is 9.06. The van der Waals surface area contributed by atoms with Crippen LogP contribution >= 0.6 is 11.9 Å². The number of rotatable bonds is 4. The van der Waals surface area contributed by atoms with Crippen molar-refractivity contribution in [2.45, 2.75) is 64.7 Å². The molecule has 2 heterocycles. The van der Waals surface area contributed by atoms with Crippen molar-refractivity contribution >= 4 is 11.9 Å². The molecule has 19 heavy (non-hydrogen) atoms. The van der Waals surface area contributed by atoms with Crippen molar-refractivity contribution < 1.29 is 0 Å². The largest absolute Gasteiger partial charge is 0.301 e. The molecule has 3 heteroatoms. The summed E-state index contributed by atoms with van der Waals surface area (Å²) < 4.78 is 2.66. The van der Waals surface area contributed by atoms with Crippen molar-refractivity contribution in [2.24, 2.45) is 11.8 Å². The van der Waals surface area contributed by atoms with E-state index >= 15 is 0 Å². The monoisotopic (exact) mass is 284 g/mol. The average Bonchev–Trinajstić information content (AvgIpc) is 2.40. The van der Waals surface area contributed by atoms with Crippen LogP contribution in [0.3, 0.4) is 0 Å². The van der Waals surface area contributed by atoms with Crippen molar-refractivity contribution in [1.82, 2.24) is 9.21 Å². The van der Waals surface area contributed by atoms with E-state index in [2.05, 4.69) is 48.8 Å². The van der Waals surface area contributed by atoms with Crippen LogP contribution in [-0.2, 0) is 0 Å². The summed E-state index contributed by atoms with van der Waals surface area (Å²) in [5.74, 6) is 1.85. The molecule has 0 amide bonds. The van der Waals surface area contributed by atoms with Gasteiger partial charge in [0.15, 0.2) is 0 Å². The lowest BCUT2D eigenvalue weighted by Crippen LogP contribution is -2.41. The number of likely N-dealkylation sites (tertiary alicyclic amines) is 1. The standard InChI is InChI=1S/C16H32N2S/c1-13(2)15-5-11-18(12-6-15)19-16-7-9-17(10-8-16)14(3)4/h13-16H,5-12H2,1-4H3. The van der Waals surface area contributed by atoms with E-state index in [-0.39, 0.29) is 0 Å². The fourth-order valence-electron chi connectivity index (χ4n) is 3.36. The maximum absolute atomic E-state index is 2.66. The van der Waals surface area contributed by atoms with Crippen LogP contribution in [0.5, 0.6) is 0 Å². The van der Waals surface area contributed by atoms with E-state index in [0.717, 1.165) is 23.1 Å². The van der Waals surface area contributed by atoms with Crippen molar-refractivity contribution in [2.75, 3.05) is 26.2 Å². The molecule has 2 aliphatic rings. The summed E-state index contributed by atoms with van der Waals surface area (Å²) in [5.41, 5.74) is 0. The van der Waals surface area contributed by atoms with Crippen LogP contribution in [0, 0.1) is 11.8 Å². The second-order valence-corrected chi connectivity index (χ2v) is 8.34. The zero-order chi connectivity index (χ0) is 13.8. The fraction of sp³-hybridized carbons (Fsp3) is 1.00. The molecule has 0 bridgehead atoms. The van der Waals surface area contributed by atoms with Crippen LogP contribution in [0.4, 0.5) is 0 Å². The van der Waals surface area contributed by atoms with Crippen LogP contribution in [-0.4, -0.2) is 46.7 Å². The SMILES string of the molecule is CC(C)C1CCN(SC2CCN(C(C)C)CC2)CC1. The van der Waals surface area contributed by atoms with E-state index < -0.39 is 0 Å². The molecule has 2 aliphatic heterocycles. The minimum atomic E-state index is 0.729. The lowest BCUT2D eigenvalue weighted by atomic mass is 9.87. The molecule has 0 radical (unpaired) electrons. The normalized spacial score (nSPS) is 25.6. The van der Waals surface area contributed by atoms with E-state index in [0.29, 0.717) is 0 Å². The predicted molar refractivity (Wildman–Crippen MR) is 86.5 cm³/mol. The summed E-state index contributed by atoms with van der Waals surface area (Å²) in [6.07, 6.45) is 5.59. The van der Waals surface area contributed by atoms with Gasteiger partial charge in [0.2, 0.25) is 0 Å². The summed E-state index contributed by atoms with van der Waals surface area (Å²) in [7, 11) is 0. The Labute approximate surface area is 124 Å². The second-order valence-electron chi connectivity index (χ2n) is 6.94. The summed E-state index contributed by atoms with van der Waals surface area (Å²) in [6.45, 7) is 14.7. The highest BCUT2D eigenvalue weighted by atomic mass is 32.2. The molecule has 2 saturated heterocycles. The zero-order valence-corrected chi connectivity index (χ0v) is 14.1. The molecule has 0 aliphatic carbocycles. The van der Waals surface area contributed by atoms with E-state index in [9.17, 15) is 0 Å². The van der Waals surface area contributed by atoms with Gasteiger partial charge in [-0.2, -0.15) is 0 Å². The molecule has 112 valence electrons. The first-order valence-corrected chi connectivity index (χ1v) is 9.05. The average molecular weight is 285 g/mol. The number of nitrogens with zero attached hydrogens (tertiary/aromatic N) is 2. The smallest absolute Gasteiger partial charge is 0.0219 e. The van der Waals surface area contributed by atoms with Crippen molar-refractivity contribution in [3.8, 4) is 0 Å². The second kappa shape index (κ2) is 7.33. The van der Waals surface area contributed by atoms with Gasteiger partial charge in [0.05, 0.1) is 0 Å². The Hall–Kier alpha value is 0.270. The Morgan fingerprint density at radius 3 is 1.89 bits per heavy atom. The molecule has 2 fully saturated rings. The van der Waals surface area contributed by atoms with Gasteiger partial charge in [0.25, 0.3) is 0 Å². The highest BCUT2D eigenvalue weighted by molar-refractivity contribution is 7.97. The molecule has 0 aromatic rings. The first-order valence-electron chi connectivity index (χ1n) is 8.22. The van der Waals surface area contributed by atoms with Gasteiger partial charge in [0.1, 0.15) is 0 Å². The maximum Gasteiger partial charge on any atom is 0.0219 e. The van der Waals surface area contributed by atoms with Crippen molar-refractivity contribution in [3.05, 3.63) is 0 Å². The van der Waals surface area contributed by atoms with Gasteiger partial charge in [-0.25, -0.2) is 0 Å². The van der Waals surface area contributed by atoms with Crippen LogP contribution < -0.4 is 0 Å². The van der Waals surface area contributed by atoms with Gasteiger partial charge in [-0.05, 0) is 64.5 Å². The molecule has 2 nitrogen and oxygen atoms in total. The summed E-state index contributed by atoms with van der Waals surface area (Å²) in [6, 6.07) is 0.729. The molecular weight excluding hydrogens is 252 g/mol. The molecular formula is C16H32N2S. The molecule has 0 aromatic heterocycles. The summed E-state index contributed by atoms with van der Waals surface area (Å²) in [4.78, 5) is 2.63. The van der Waals surface area contributed by atoms with Crippen LogP contribution in [0.25, 0.3) is 0 Å². The molecule has 0 saturated carbocycles. The third-order valence-corrected chi connectivity index (χ3v) is 6.38. The minimum Gasteiger partial charge on any atom is -0.301 e. The van der Waals surface area contributed by atoms with Crippen molar-refractivity contribution in [3.63, 3.8) is 0 Å². The zero-order valence-electron chi connectivity index (χ0n) is 13.3. The van der Waals surface area contributed by atoms with Crippen LogP contribution in [0.2, 0.25) is 0 Å².